The van der Waals surface area contributed by atoms with Crippen molar-refractivity contribution in [2.24, 2.45) is 0 Å². The van der Waals surface area contributed by atoms with Crippen molar-refractivity contribution in [1.82, 2.24) is 0 Å². The van der Waals surface area contributed by atoms with Gasteiger partial charge in [0.05, 0.1) is 25.5 Å². The molecule has 3 N–H and O–H groups in total. The fraction of sp³-hybridized carbons (Fsp3) is 0.105. The van der Waals surface area contributed by atoms with Gasteiger partial charge in [0.15, 0.2) is 0 Å². The minimum atomic E-state index is -0.262. The maximum atomic E-state index is 12.6. The molecular formula is C19H18N2O3. The van der Waals surface area contributed by atoms with Crippen LogP contribution in [0.3, 0.4) is 0 Å². The minimum Gasteiger partial charge on any atom is -0.496 e. The van der Waals surface area contributed by atoms with Crippen molar-refractivity contribution in [1.29, 1.82) is 0 Å². The number of rotatable bonds is 4. The van der Waals surface area contributed by atoms with Gasteiger partial charge in [-0.05, 0) is 41.1 Å². The van der Waals surface area contributed by atoms with Crippen LogP contribution < -0.4 is 20.5 Å². The Bertz CT molecular complexity index is 906. The third kappa shape index (κ3) is 2.96. The van der Waals surface area contributed by atoms with Crippen LogP contribution in [0.25, 0.3) is 10.8 Å². The largest absolute Gasteiger partial charge is 0.496 e. The molecule has 0 bridgehead atoms. The summed E-state index contributed by atoms with van der Waals surface area (Å²) in [6.45, 7) is 0. The Morgan fingerprint density at radius 3 is 2.21 bits per heavy atom. The van der Waals surface area contributed by atoms with E-state index < -0.39 is 0 Å². The van der Waals surface area contributed by atoms with Crippen molar-refractivity contribution in [3.8, 4) is 11.5 Å². The molecule has 0 spiro atoms. The summed E-state index contributed by atoms with van der Waals surface area (Å²) in [7, 11) is 3.09. The first-order chi connectivity index (χ1) is 11.6. The fourth-order valence-corrected chi connectivity index (χ4v) is 2.58. The molecule has 0 fully saturated rings. The Morgan fingerprint density at radius 2 is 1.58 bits per heavy atom. The van der Waals surface area contributed by atoms with Gasteiger partial charge in [-0.15, -0.1) is 0 Å². The zero-order valence-corrected chi connectivity index (χ0v) is 13.5. The smallest absolute Gasteiger partial charge is 0.259 e. The topological polar surface area (TPSA) is 73.6 Å². The molecule has 0 aromatic heterocycles. The summed E-state index contributed by atoms with van der Waals surface area (Å²) in [6.07, 6.45) is 0. The average molecular weight is 322 g/mol. The summed E-state index contributed by atoms with van der Waals surface area (Å²) in [5.41, 5.74) is 7.39. The van der Waals surface area contributed by atoms with Gasteiger partial charge in [-0.25, -0.2) is 0 Å². The van der Waals surface area contributed by atoms with Crippen LogP contribution in [0.15, 0.2) is 54.6 Å². The summed E-state index contributed by atoms with van der Waals surface area (Å²) in [5, 5.41) is 4.82. The molecule has 0 unspecified atom stereocenters. The molecule has 3 rings (SSSR count). The lowest BCUT2D eigenvalue weighted by molar-refractivity contribution is 0.102. The number of fused-ring (bicyclic) bond motifs is 1. The van der Waals surface area contributed by atoms with E-state index in [0.29, 0.717) is 28.4 Å². The number of methoxy groups -OCH3 is 2. The molecule has 0 heterocycles. The highest BCUT2D eigenvalue weighted by Crippen LogP contribution is 2.28. The lowest BCUT2D eigenvalue weighted by Crippen LogP contribution is -2.13. The number of hydrogen-bond donors (Lipinski definition) is 2. The molecule has 1 amide bonds. The number of amides is 1. The maximum absolute atomic E-state index is 12.6. The number of ether oxygens (including phenoxy) is 2. The molecular weight excluding hydrogens is 304 g/mol. The van der Waals surface area contributed by atoms with E-state index in [2.05, 4.69) is 5.32 Å². The van der Waals surface area contributed by atoms with Crippen LogP contribution in [0.4, 0.5) is 11.4 Å². The second kappa shape index (κ2) is 6.50. The Hall–Kier alpha value is -3.21. The quantitative estimate of drug-likeness (QED) is 0.718. The number of carbonyl (C=O) groups is 1. The van der Waals surface area contributed by atoms with Gasteiger partial charge in [0.1, 0.15) is 11.5 Å². The van der Waals surface area contributed by atoms with Gasteiger partial charge in [0, 0.05) is 5.69 Å². The van der Waals surface area contributed by atoms with Gasteiger partial charge in [-0.1, -0.05) is 24.3 Å². The molecule has 0 aliphatic carbocycles. The van der Waals surface area contributed by atoms with E-state index in [-0.39, 0.29) is 5.91 Å². The molecule has 0 aliphatic heterocycles. The Labute approximate surface area is 140 Å². The van der Waals surface area contributed by atoms with Gasteiger partial charge in [0.25, 0.3) is 5.91 Å². The molecule has 0 aliphatic rings. The lowest BCUT2D eigenvalue weighted by Gasteiger charge is -2.12. The van der Waals surface area contributed by atoms with E-state index in [1.54, 1.807) is 32.4 Å². The van der Waals surface area contributed by atoms with Gasteiger partial charge in [0.2, 0.25) is 0 Å². The monoisotopic (exact) mass is 322 g/mol. The van der Waals surface area contributed by atoms with E-state index in [9.17, 15) is 4.79 Å². The zero-order valence-electron chi connectivity index (χ0n) is 13.5. The predicted molar refractivity (Wildman–Crippen MR) is 95.9 cm³/mol. The number of nitrogens with two attached hydrogens (primary N) is 1. The highest BCUT2D eigenvalue weighted by atomic mass is 16.5. The van der Waals surface area contributed by atoms with Gasteiger partial charge in [-0.3, -0.25) is 4.79 Å². The van der Waals surface area contributed by atoms with E-state index in [1.165, 1.54) is 0 Å². The second-order valence-electron chi connectivity index (χ2n) is 5.31. The van der Waals surface area contributed by atoms with Crippen LogP contribution in [0, 0.1) is 0 Å². The summed E-state index contributed by atoms with van der Waals surface area (Å²) >= 11 is 0. The summed E-state index contributed by atoms with van der Waals surface area (Å²) in [6, 6.07) is 16.6. The van der Waals surface area contributed by atoms with Crippen LogP contribution in [0.2, 0.25) is 0 Å². The molecule has 122 valence electrons. The highest BCUT2D eigenvalue weighted by Gasteiger charge is 2.14. The number of hydrogen-bond acceptors (Lipinski definition) is 4. The molecule has 3 aromatic carbocycles. The maximum Gasteiger partial charge on any atom is 0.259 e. The van der Waals surface area contributed by atoms with Gasteiger partial charge >= 0.3 is 0 Å². The normalized spacial score (nSPS) is 10.4. The Morgan fingerprint density at radius 1 is 0.917 bits per heavy atom. The Balaban J connectivity index is 1.94. The number of nitrogen functional groups attached to an aromatic ring is 1. The number of benzene rings is 3. The third-order valence-electron chi connectivity index (χ3n) is 3.80. The number of anilines is 2. The molecule has 0 saturated carbocycles. The first-order valence-electron chi connectivity index (χ1n) is 7.44. The molecule has 24 heavy (non-hydrogen) atoms. The zero-order chi connectivity index (χ0) is 17.1. The summed E-state index contributed by atoms with van der Waals surface area (Å²) in [5.74, 6) is 0.825. The Kier molecular flexibility index (Phi) is 4.24. The fourth-order valence-electron chi connectivity index (χ4n) is 2.58. The SMILES string of the molecule is COc1ccc(NC(=O)c2cc3ccccc3cc2OC)cc1N. The first-order valence-corrected chi connectivity index (χ1v) is 7.44. The van der Waals surface area contributed by atoms with Crippen LogP contribution in [0.1, 0.15) is 10.4 Å². The highest BCUT2D eigenvalue weighted by molar-refractivity contribution is 6.09. The number of nitrogens with one attached hydrogen (secondary N) is 1. The van der Waals surface area contributed by atoms with Crippen molar-refractivity contribution in [3.63, 3.8) is 0 Å². The van der Waals surface area contributed by atoms with Crippen molar-refractivity contribution in [2.45, 2.75) is 0 Å². The van der Waals surface area contributed by atoms with Crippen LogP contribution in [-0.2, 0) is 0 Å². The second-order valence-corrected chi connectivity index (χ2v) is 5.31. The molecule has 3 aromatic rings. The summed E-state index contributed by atoms with van der Waals surface area (Å²) < 4.78 is 10.5. The molecule has 5 nitrogen and oxygen atoms in total. The van der Waals surface area contributed by atoms with Crippen molar-refractivity contribution in [3.05, 3.63) is 60.2 Å². The summed E-state index contributed by atoms with van der Waals surface area (Å²) in [4.78, 5) is 12.6. The molecule has 0 saturated heterocycles. The van der Waals surface area contributed by atoms with Crippen molar-refractivity contribution < 1.29 is 14.3 Å². The van der Waals surface area contributed by atoms with E-state index >= 15 is 0 Å². The van der Waals surface area contributed by atoms with Crippen molar-refractivity contribution in [2.75, 3.05) is 25.3 Å². The predicted octanol–water partition coefficient (Wildman–Crippen LogP) is 3.69. The molecule has 5 heteroatoms. The van der Waals surface area contributed by atoms with E-state index in [1.807, 2.05) is 36.4 Å². The van der Waals surface area contributed by atoms with Gasteiger partial charge in [-0.2, -0.15) is 0 Å². The standard InChI is InChI=1S/C19H18N2O3/c1-23-17-8-7-14(11-16(17)20)21-19(22)15-9-12-5-3-4-6-13(12)10-18(15)24-2/h3-11H,20H2,1-2H3,(H,21,22). The van der Waals surface area contributed by atoms with Crippen LogP contribution in [0.5, 0.6) is 11.5 Å². The van der Waals surface area contributed by atoms with E-state index in [0.717, 1.165) is 10.8 Å². The minimum absolute atomic E-state index is 0.262. The third-order valence-corrected chi connectivity index (χ3v) is 3.80. The lowest BCUT2D eigenvalue weighted by atomic mass is 10.1. The van der Waals surface area contributed by atoms with Crippen LogP contribution >= 0.6 is 0 Å². The van der Waals surface area contributed by atoms with Gasteiger partial charge < -0.3 is 20.5 Å². The average Bonchev–Trinajstić information content (AvgIpc) is 2.60. The van der Waals surface area contributed by atoms with E-state index in [4.69, 9.17) is 15.2 Å². The number of carbonyl (C=O) groups excluding carboxylic acids is 1. The first kappa shape index (κ1) is 15.7. The molecule has 0 radical (unpaired) electrons. The van der Waals surface area contributed by atoms with Crippen molar-refractivity contribution >= 4 is 28.1 Å². The van der Waals surface area contributed by atoms with Crippen LogP contribution in [-0.4, -0.2) is 20.1 Å². The molecule has 0 atom stereocenters.